The van der Waals surface area contributed by atoms with E-state index < -0.39 is 5.91 Å². The van der Waals surface area contributed by atoms with Crippen molar-refractivity contribution in [1.82, 2.24) is 9.55 Å². The van der Waals surface area contributed by atoms with E-state index >= 15 is 0 Å². The van der Waals surface area contributed by atoms with E-state index in [9.17, 15) is 4.79 Å². The quantitative estimate of drug-likeness (QED) is 0.761. The second-order valence-corrected chi connectivity index (χ2v) is 3.61. The number of aryl methyl sites for hydroxylation is 1. The Bertz CT molecular complexity index is 506. The molecule has 2 N–H and O–H groups in total. The van der Waals surface area contributed by atoms with E-state index in [1.807, 2.05) is 24.3 Å². The minimum absolute atomic E-state index is 0.297. The Labute approximate surface area is 92.5 Å². The van der Waals surface area contributed by atoms with Crippen molar-refractivity contribution < 1.29 is 4.79 Å². The number of amides is 1. The van der Waals surface area contributed by atoms with E-state index in [0.29, 0.717) is 18.1 Å². The van der Waals surface area contributed by atoms with Gasteiger partial charge in [0.2, 0.25) is 0 Å². The second kappa shape index (κ2) is 3.94. The Morgan fingerprint density at radius 2 is 2.20 bits per heavy atom. The number of nitrogens with zero attached hydrogens (tertiary/aromatic N) is 2. The van der Waals surface area contributed by atoms with Gasteiger partial charge in [0.15, 0.2) is 5.82 Å². The Kier molecular flexibility index (Phi) is 2.64. The Morgan fingerprint density at radius 3 is 2.87 bits per heavy atom. The number of para-hydroxylation sites is 2. The third kappa shape index (κ3) is 1.70. The molecule has 0 spiro atoms. The molecule has 1 aromatic carbocycles. The highest BCUT2D eigenvalue weighted by molar-refractivity contribution is 7.80. The number of fused-ring (bicyclic) bond motifs is 1. The molecule has 0 aliphatic rings. The molecule has 78 valence electrons. The van der Waals surface area contributed by atoms with Crippen LogP contribution in [0.1, 0.15) is 10.6 Å². The lowest BCUT2D eigenvalue weighted by molar-refractivity contribution is 0.0987. The minimum Gasteiger partial charge on any atom is -0.363 e. The maximum atomic E-state index is 11.2. The van der Waals surface area contributed by atoms with Crippen LogP contribution >= 0.6 is 12.6 Å². The smallest absolute Gasteiger partial charge is 0.284 e. The molecular weight excluding hydrogens is 210 g/mol. The van der Waals surface area contributed by atoms with Crippen molar-refractivity contribution in [3.05, 3.63) is 30.1 Å². The summed E-state index contributed by atoms with van der Waals surface area (Å²) in [6, 6.07) is 7.56. The van der Waals surface area contributed by atoms with Gasteiger partial charge in [-0.25, -0.2) is 4.98 Å². The van der Waals surface area contributed by atoms with Crippen LogP contribution in [0.5, 0.6) is 0 Å². The van der Waals surface area contributed by atoms with Crippen LogP contribution in [0.4, 0.5) is 0 Å². The maximum Gasteiger partial charge on any atom is 0.284 e. The lowest BCUT2D eigenvalue weighted by Crippen LogP contribution is -2.18. The van der Waals surface area contributed by atoms with Crippen molar-refractivity contribution >= 4 is 29.6 Å². The van der Waals surface area contributed by atoms with E-state index in [1.165, 1.54) is 0 Å². The second-order valence-electron chi connectivity index (χ2n) is 3.16. The topological polar surface area (TPSA) is 60.9 Å². The molecule has 4 nitrogen and oxygen atoms in total. The van der Waals surface area contributed by atoms with Gasteiger partial charge < -0.3 is 10.3 Å². The molecule has 2 rings (SSSR count). The van der Waals surface area contributed by atoms with Crippen LogP contribution in [0, 0.1) is 0 Å². The molecule has 1 amide bonds. The van der Waals surface area contributed by atoms with Crippen LogP contribution in [-0.2, 0) is 6.54 Å². The van der Waals surface area contributed by atoms with Gasteiger partial charge in [-0.1, -0.05) is 12.1 Å². The molecule has 0 bridgehead atoms. The van der Waals surface area contributed by atoms with E-state index in [4.69, 9.17) is 5.73 Å². The van der Waals surface area contributed by atoms with Crippen LogP contribution in [0.15, 0.2) is 24.3 Å². The molecule has 0 atom stereocenters. The number of hydrogen-bond acceptors (Lipinski definition) is 3. The van der Waals surface area contributed by atoms with Crippen LogP contribution < -0.4 is 5.73 Å². The zero-order valence-corrected chi connectivity index (χ0v) is 8.95. The molecule has 1 heterocycles. The zero-order chi connectivity index (χ0) is 10.8. The van der Waals surface area contributed by atoms with Crippen molar-refractivity contribution in [3.63, 3.8) is 0 Å². The van der Waals surface area contributed by atoms with Crippen LogP contribution in [0.3, 0.4) is 0 Å². The standard InChI is InChI=1S/C10H11N3OS/c11-9(14)10-12-7-3-1-2-4-8(7)13(10)5-6-15/h1-4,15H,5-6H2,(H2,11,14). The van der Waals surface area contributed by atoms with Gasteiger partial charge in [0, 0.05) is 12.3 Å². The first kappa shape index (κ1) is 10.0. The lowest BCUT2D eigenvalue weighted by atomic mass is 10.3. The number of primary amides is 1. The molecule has 5 heteroatoms. The number of carbonyl (C=O) groups is 1. The predicted molar refractivity (Wildman–Crippen MR) is 62.1 cm³/mol. The number of carbonyl (C=O) groups excluding carboxylic acids is 1. The van der Waals surface area contributed by atoms with E-state index in [2.05, 4.69) is 17.6 Å². The number of hydrogen-bond donors (Lipinski definition) is 2. The van der Waals surface area contributed by atoms with E-state index in [1.54, 1.807) is 4.57 Å². The Hall–Kier alpha value is -1.49. The number of benzene rings is 1. The first-order valence-electron chi connectivity index (χ1n) is 4.60. The Morgan fingerprint density at radius 1 is 1.47 bits per heavy atom. The summed E-state index contributed by atoms with van der Waals surface area (Å²) in [5, 5.41) is 0. The fourth-order valence-corrected chi connectivity index (χ4v) is 1.79. The fraction of sp³-hybridized carbons (Fsp3) is 0.200. The predicted octanol–water partition coefficient (Wildman–Crippen LogP) is 1.06. The third-order valence-corrected chi connectivity index (χ3v) is 2.40. The molecule has 2 aromatic rings. The molecule has 0 aliphatic heterocycles. The van der Waals surface area contributed by atoms with Gasteiger partial charge in [0.1, 0.15) is 0 Å². The fourth-order valence-electron chi connectivity index (χ4n) is 1.59. The molecule has 0 unspecified atom stereocenters. The maximum absolute atomic E-state index is 11.2. The van der Waals surface area contributed by atoms with E-state index in [0.717, 1.165) is 11.0 Å². The van der Waals surface area contributed by atoms with Gasteiger partial charge in [-0.05, 0) is 12.1 Å². The average molecular weight is 221 g/mol. The number of aromatic nitrogens is 2. The summed E-state index contributed by atoms with van der Waals surface area (Å²) in [6.07, 6.45) is 0. The zero-order valence-electron chi connectivity index (χ0n) is 8.05. The van der Waals surface area contributed by atoms with Gasteiger partial charge in [0.25, 0.3) is 5.91 Å². The van der Waals surface area contributed by atoms with Crippen molar-refractivity contribution in [2.75, 3.05) is 5.75 Å². The molecule has 0 saturated carbocycles. The first-order valence-corrected chi connectivity index (χ1v) is 5.23. The molecule has 1 aromatic heterocycles. The summed E-state index contributed by atoms with van der Waals surface area (Å²) < 4.78 is 1.80. The first-order chi connectivity index (χ1) is 7.24. The summed E-state index contributed by atoms with van der Waals surface area (Å²) >= 11 is 4.15. The van der Waals surface area contributed by atoms with Crippen LogP contribution in [0.25, 0.3) is 11.0 Å². The summed E-state index contributed by atoms with van der Waals surface area (Å²) in [7, 11) is 0. The summed E-state index contributed by atoms with van der Waals surface area (Å²) in [5.41, 5.74) is 6.96. The van der Waals surface area contributed by atoms with Crippen molar-refractivity contribution in [2.24, 2.45) is 5.73 Å². The SMILES string of the molecule is NC(=O)c1nc2ccccc2n1CCS. The van der Waals surface area contributed by atoms with Crippen molar-refractivity contribution in [1.29, 1.82) is 0 Å². The summed E-state index contributed by atoms with van der Waals surface area (Å²) in [4.78, 5) is 15.4. The average Bonchev–Trinajstić information content (AvgIpc) is 2.58. The third-order valence-electron chi connectivity index (χ3n) is 2.20. The largest absolute Gasteiger partial charge is 0.363 e. The van der Waals surface area contributed by atoms with Crippen LogP contribution in [-0.4, -0.2) is 21.2 Å². The van der Waals surface area contributed by atoms with E-state index in [-0.39, 0.29) is 0 Å². The summed E-state index contributed by atoms with van der Waals surface area (Å²) in [6.45, 7) is 0.627. The number of rotatable bonds is 3. The number of thiol groups is 1. The van der Waals surface area contributed by atoms with Crippen molar-refractivity contribution in [3.8, 4) is 0 Å². The number of nitrogens with two attached hydrogens (primary N) is 1. The molecule has 0 aliphatic carbocycles. The van der Waals surface area contributed by atoms with Gasteiger partial charge in [0.05, 0.1) is 11.0 Å². The summed E-state index contributed by atoms with van der Waals surface area (Å²) in [5.74, 6) is 0.430. The molecular formula is C10H11N3OS. The molecule has 15 heavy (non-hydrogen) atoms. The molecule has 0 fully saturated rings. The number of imidazole rings is 1. The monoisotopic (exact) mass is 221 g/mol. The van der Waals surface area contributed by atoms with Crippen molar-refractivity contribution in [2.45, 2.75) is 6.54 Å². The highest BCUT2D eigenvalue weighted by Crippen LogP contribution is 2.15. The van der Waals surface area contributed by atoms with Crippen LogP contribution in [0.2, 0.25) is 0 Å². The van der Waals surface area contributed by atoms with Gasteiger partial charge in [-0.2, -0.15) is 12.6 Å². The van der Waals surface area contributed by atoms with Gasteiger partial charge in [-0.3, -0.25) is 4.79 Å². The highest BCUT2D eigenvalue weighted by Gasteiger charge is 2.13. The highest BCUT2D eigenvalue weighted by atomic mass is 32.1. The van der Waals surface area contributed by atoms with Gasteiger partial charge in [-0.15, -0.1) is 0 Å². The molecule has 0 saturated heterocycles. The van der Waals surface area contributed by atoms with Gasteiger partial charge >= 0.3 is 0 Å². The minimum atomic E-state index is -0.506. The normalized spacial score (nSPS) is 10.7. The lowest BCUT2D eigenvalue weighted by Gasteiger charge is -2.03. The Balaban J connectivity index is 2.68. The molecule has 0 radical (unpaired) electrons.